The fourth-order valence-electron chi connectivity index (χ4n) is 3.49. The van der Waals surface area contributed by atoms with Crippen molar-refractivity contribution in [2.24, 2.45) is 0 Å². The van der Waals surface area contributed by atoms with Crippen LogP contribution in [-0.2, 0) is 13.0 Å². The van der Waals surface area contributed by atoms with E-state index in [-0.39, 0.29) is 23.2 Å². The first-order valence-corrected chi connectivity index (χ1v) is 9.61. The van der Waals surface area contributed by atoms with Crippen molar-refractivity contribution in [1.82, 2.24) is 14.5 Å². The van der Waals surface area contributed by atoms with E-state index in [0.717, 1.165) is 11.5 Å². The van der Waals surface area contributed by atoms with E-state index in [0.29, 0.717) is 36.7 Å². The maximum atomic E-state index is 13.2. The maximum Gasteiger partial charge on any atom is 0.268 e. The Morgan fingerprint density at radius 3 is 2.62 bits per heavy atom. The zero-order valence-corrected chi connectivity index (χ0v) is 16.6. The van der Waals surface area contributed by atoms with E-state index < -0.39 is 5.56 Å². The Bertz CT molecular complexity index is 1130. The van der Waals surface area contributed by atoms with Crippen LogP contribution in [0.15, 0.2) is 45.7 Å². The maximum absolute atomic E-state index is 13.2. The van der Waals surface area contributed by atoms with Crippen molar-refractivity contribution in [3.05, 3.63) is 81.2 Å². The highest BCUT2D eigenvalue weighted by Crippen LogP contribution is 2.24. The molecule has 0 unspecified atom stereocenters. The lowest BCUT2D eigenvalue weighted by Crippen LogP contribution is -2.40. The van der Waals surface area contributed by atoms with Crippen molar-refractivity contribution >= 4 is 5.91 Å². The number of carbonyl (C=O) groups is 1. The van der Waals surface area contributed by atoms with Gasteiger partial charge in [0, 0.05) is 30.8 Å². The SMILES string of the molecule is Cc1ccn(-c2ccc(F)cc2)c(=O)c1C(=O)N1CCc2oc(C(C)C)nc2C1. The number of oxazole rings is 1. The van der Waals surface area contributed by atoms with Crippen LogP contribution in [0.5, 0.6) is 0 Å². The van der Waals surface area contributed by atoms with Crippen LogP contribution in [0.3, 0.4) is 0 Å². The number of hydrogen-bond donors (Lipinski definition) is 0. The van der Waals surface area contributed by atoms with Crippen LogP contribution >= 0.6 is 0 Å². The summed E-state index contributed by atoms with van der Waals surface area (Å²) in [5, 5.41) is 0. The summed E-state index contributed by atoms with van der Waals surface area (Å²) >= 11 is 0. The van der Waals surface area contributed by atoms with Gasteiger partial charge in [0.2, 0.25) is 0 Å². The molecule has 6 nitrogen and oxygen atoms in total. The number of carbonyl (C=O) groups excluding carboxylic acids is 1. The Kier molecular flexibility index (Phi) is 4.82. The van der Waals surface area contributed by atoms with E-state index in [9.17, 15) is 14.0 Å². The molecule has 0 bridgehead atoms. The molecule has 0 saturated carbocycles. The van der Waals surface area contributed by atoms with Crippen molar-refractivity contribution in [1.29, 1.82) is 0 Å². The van der Waals surface area contributed by atoms with E-state index in [1.165, 1.54) is 28.8 Å². The van der Waals surface area contributed by atoms with E-state index >= 15 is 0 Å². The molecule has 3 aromatic rings. The molecule has 0 N–H and O–H groups in total. The Morgan fingerprint density at radius 2 is 1.93 bits per heavy atom. The zero-order valence-electron chi connectivity index (χ0n) is 16.6. The molecule has 0 atom stereocenters. The number of halogens is 1. The first-order valence-electron chi connectivity index (χ1n) is 9.61. The Balaban J connectivity index is 1.67. The van der Waals surface area contributed by atoms with Gasteiger partial charge in [-0.3, -0.25) is 14.2 Å². The number of amides is 1. The Morgan fingerprint density at radius 1 is 1.21 bits per heavy atom. The lowest BCUT2D eigenvalue weighted by atomic mass is 10.1. The molecule has 150 valence electrons. The first-order chi connectivity index (χ1) is 13.8. The largest absolute Gasteiger partial charge is 0.445 e. The third-order valence-corrected chi connectivity index (χ3v) is 5.14. The van der Waals surface area contributed by atoms with Gasteiger partial charge in [0.05, 0.1) is 6.54 Å². The van der Waals surface area contributed by atoms with Gasteiger partial charge < -0.3 is 9.32 Å². The molecule has 2 aromatic heterocycles. The van der Waals surface area contributed by atoms with Crippen LogP contribution in [0, 0.1) is 12.7 Å². The number of pyridine rings is 1. The first kappa shape index (κ1) is 19.1. The van der Waals surface area contributed by atoms with Gasteiger partial charge in [0.15, 0.2) is 5.89 Å². The second-order valence-corrected chi connectivity index (χ2v) is 7.58. The number of benzene rings is 1. The molecule has 0 spiro atoms. The van der Waals surface area contributed by atoms with E-state index in [2.05, 4.69) is 4.98 Å². The standard InChI is InChI=1S/C22H22FN3O3/c1-13(2)20-24-17-12-25(10-9-18(17)29-20)21(27)19-14(3)8-11-26(22(19)28)16-6-4-15(23)5-7-16/h4-8,11,13H,9-10,12H2,1-3H3. The minimum atomic E-state index is -0.421. The van der Waals surface area contributed by atoms with Crippen molar-refractivity contribution in [3.8, 4) is 5.69 Å². The highest BCUT2D eigenvalue weighted by atomic mass is 19.1. The molecular formula is C22H22FN3O3. The Hall–Kier alpha value is -3.22. The molecule has 29 heavy (non-hydrogen) atoms. The van der Waals surface area contributed by atoms with Crippen molar-refractivity contribution < 1.29 is 13.6 Å². The summed E-state index contributed by atoms with van der Waals surface area (Å²) in [4.78, 5) is 32.5. The molecule has 1 aliphatic rings. The molecule has 0 radical (unpaired) electrons. The lowest BCUT2D eigenvalue weighted by Gasteiger charge is -2.26. The van der Waals surface area contributed by atoms with E-state index in [1.54, 1.807) is 24.1 Å². The summed E-state index contributed by atoms with van der Waals surface area (Å²) < 4.78 is 20.4. The van der Waals surface area contributed by atoms with Crippen LogP contribution < -0.4 is 5.56 Å². The summed E-state index contributed by atoms with van der Waals surface area (Å²) in [6.07, 6.45) is 2.17. The van der Waals surface area contributed by atoms with Gasteiger partial charge in [-0.2, -0.15) is 0 Å². The molecule has 0 aliphatic carbocycles. The number of rotatable bonds is 3. The van der Waals surface area contributed by atoms with Crippen LogP contribution in [0.25, 0.3) is 5.69 Å². The molecule has 0 fully saturated rings. The van der Waals surface area contributed by atoms with Gasteiger partial charge in [-0.15, -0.1) is 0 Å². The summed E-state index contributed by atoms with van der Waals surface area (Å²) in [6, 6.07) is 7.31. The van der Waals surface area contributed by atoms with Gasteiger partial charge >= 0.3 is 0 Å². The molecule has 0 saturated heterocycles. The minimum Gasteiger partial charge on any atom is -0.445 e. The smallest absolute Gasteiger partial charge is 0.268 e. The quantitative estimate of drug-likeness (QED) is 0.680. The molecule has 1 amide bonds. The topological polar surface area (TPSA) is 68.3 Å². The average molecular weight is 395 g/mol. The van der Waals surface area contributed by atoms with Crippen LogP contribution in [0.2, 0.25) is 0 Å². The van der Waals surface area contributed by atoms with Crippen molar-refractivity contribution in [2.45, 2.75) is 39.7 Å². The molecule has 7 heteroatoms. The number of hydrogen-bond acceptors (Lipinski definition) is 4. The van der Waals surface area contributed by atoms with Crippen LogP contribution in [-0.4, -0.2) is 26.9 Å². The third-order valence-electron chi connectivity index (χ3n) is 5.14. The van der Waals surface area contributed by atoms with Crippen molar-refractivity contribution in [3.63, 3.8) is 0 Å². The highest BCUT2D eigenvalue weighted by Gasteiger charge is 2.29. The summed E-state index contributed by atoms with van der Waals surface area (Å²) in [5.41, 5.74) is 1.56. The molecule has 3 heterocycles. The van der Waals surface area contributed by atoms with Crippen molar-refractivity contribution in [2.75, 3.05) is 6.54 Å². The minimum absolute atomic E-state index is 0.118. The molecule has 4 rings (SSSR count). The Labute approximate surface area is 167 Å². The fourth-order valence-corrected chi connectivity index (χ4v) is 3.49. The predicted octanol–water partition coefficient (Wildman–Crippen LogP) is 3.59. The van der Waals surface area contributed by atoms with Gasteiger partial charge in [-0.05, 0) is 42.8 Å². The summed E-state index contributed by atoms with van der Waals surface area (Å²) in [7, 11) is 0. The van der Waals surface area contributed by atoms with Gasteiger partial charge in [0.25, 0.3) is 11.5 Å². The second-order valence-electron chi connectivity index (χ2n) is 7.58. The number of aromatic nitrogens is 2. The normalized spacial score (nSPS) is 13.6. The van der Waals surface area contributed by atoms with Gasteiger partial charge in [-0.1, -0.05) is 13.8 Å². The van der Waals surface area contributed by atoms with E-state index in [1.807, 2.05) is 13.8 Å². The van der Waals surface area contributed by atoms with Crippen LogP contribution in [0.4, 0.5) is 4.39 Å². The monoisotopic (exact) mass is 395 g/mol. The predicted molar refractivity (Wildman–Crippen MR) is 106 cm³/mol. The van der Waals surface area contributed by atoms with Gasteiger partial charge in [-0.25, -0.2) is 9.37 Å². The third kappa shape index (κ3) is 3.48. The molecule has 1 aliphatic heterocycles. The number of fused-ring (bicyclic) bond motifs is 1. The summed E-state index contributed by atoms with van der Waals surface area (Å²) in [6.45, 7) is 6.53. The van der Waals surface area contributed by atoms with Crippen LogP contribution in [0.1, 0.15) is 53.0 Å². The summed E-state index contributed by atoms with van der Waals surface area (Å²) in [5.74, 6) is 0.931. The number of aryl methyl sites for hydroxylation is 1. The number of nitrogens with zero attached hydrogens (tertiary/aromatic N) is 3. The highest BCUT2D eigenvalue weighted by molar-refractivity contribution is 5.95. The van der Waals surface area contributed by atoms with Gasteiger partial charge in [0.1, 0.15) is 22.8 Å². The molecular weight excluding hydrogens is 373 g/mol. The zero-order chi connectivity index (χ0) is 20.7. The average Bonchev–Trinajstić information content (AvgIpc) is 3.13. The fraction of sp³-hybridized carbons (Fsp3) is 0.318. The second kappa shape index (κ2) is 7.31. The van der Waals surface area contributed by atoms with E-state index in [4.69, 9.17) is 4.42 Å². The lowest BCUT2D eigenvalue weighted by molar-refractivity contribution is 0.0725. The molecule has 1 aromatic carbocycles.